The first kappa shape index (κ1) is 16.0. The van der Waals surface area contributed by atoms with Gasteiger partial charge in [-0.2, -0.15) is 4.31 Å². The molecule has 0 bridgehead atoms. The van der Waals surface area contributed by atoms with Crippen molar-refractivity contribution in [2.45, 2.75) is 43.5 Å². The van der Waals surface area contributed by atoms with Gasteiger partial charge in [0.1, 0.15) is 0 Å². The van der Waals surface area contributed by atoms with E-state index < -0.39 is 10.0 Å². The molecule has 122 valence electrons. The lowest BCUT2D eigenvalue weighted by Crippen LogP contribution is -2.49. The summed E-state index contributed by atoms with van der Waals surface area (Å²) in [5, 5.41) is 0. The third kappa shape index (κ3) is 3.36. The first-order valence-electron chi connectivity index (χ1n) is 8.36. The fourth-order valence-electron chi connectivity index (χ4n) is 3.75. The van der Waals surface area contributed by atoms with E-state index in [1.807, 2.05) is 6.07 Å². The largest absolute Gasteiger partial charge is 0.300 e. The summed E-state index contributed by atoms with van der Waals surface area (Å²) >= 11 is 0. The van der Waals surface area contributed by atoms with Crippen LogP contribution >= 0.6 is 0 Å². The molecule has 1 aromatic carbocycles. The van der Waals surface area contributed by atoms with Crippen LogP contribution in [0.3, 0.4) is 0 Å². The Morgan fingerprint density at radius 3 is 2.32 bits per heavy atom. The van der Waals surface area contributed by atoms with Gasteiger partial charge in [0.2, 0.25) is 10.0 Å². The molecule has 2 aliphatic heterocycles. The standard InChI is InChI=1S/C17H26N2O2S/c1-15-6-5-11-18(14-15)16-9-12-19(13-10-16)22(20,21)17-7-3-2-4-8-17/h2-4,7-8,15-16H,5-6,9-14H2,1H3. The second-order valence-corrected chi connectivity index (χ2v) is 8.63. The van der Waals surface area contributed by atoms with E-state index in [1.54, 1.807) is 28.6 Å². The van der Waals surface area contributed by atoms with Gasteiger partial charge in [0.05, 0.1) is 4.90 Å². The lowest BCUT2D eigenvalue weighted by atomic mass is 9.96. The van der Waals surface area contributed by atoms with Gasteiger partial charge < -0.3 is 4.90 Å². The fourth-order valence-corrected chi connectivity index (χ4v) is 5.24. The molecule has 2 heterocycles. The number of rotatable bonds is 3. The Bertz CT molecular complexity index is 580. The summed E-state index contributed by atoms with van der Waals surface area (Å²) in [5.41, 5.74) is 0. The molecule has 1 unspecified atom stereocenters. The van der Waals surface area contributed by atoms with Crippen LogP contribution in [0, 0.1) is 5.92 Å². The van der Waals surface area contributed by atoms with Crippen molar-refractivity contribution in [1.82, 2.24) is 9.21 Å². The van der Waals surface area contributed by atoms with Crippen molar-refractivity contribution >= 4 is 10.0 Å². The molecule has 2 saturated heterocycles. The zero-order valence-corrected chi connectivity index (χ0v) is 14.1. The maximum Gasteiger partial charge on any atom is 0.243 e. The number of nitrogens with zero attached hydrogens (tertiary/aromatic N) is 2. The monoisotopic (exact) mass is 322 g/mol. The lowest BCUT2D eigenvalue weighted by molar-refractivity contribution is 0.0944. The van der Waals surface area contributed by atoms with E-state index in [0.717, 1.165) is 18.8 Å². The smallest absolute Gasteiger partial charge is 0.243 e. The fraction of sp³-hybridized carbons (Fsp3) is 0.647. The van der Waals surface area contributed by atoms with E-state index in [2.05, 4.69) is 11.8 Å². The van der Waals surface area contributed by atoms with E-state index in [0.29, 0.717) is 24.0 Å². The normalized spacial score (nSPS) is 26.1. The molecule has 0 aliphatic carbocycles. The van der Waals surface area contributed by atoms with Gasteiger partial charge in [-0.25, -0.2) is 8.42 Å². The molecule has 1 aromatic rings. The number of hydrogen-bond donors (Lipinski definition) is 0. The topological polar surface area (TPSA) is 40.6 Å². The summed E-state index contributed by atoms with van der Waals surface area (Å²) in [7, 11) is -3.31. The Hall–Kier alpha value is -0.910. The minimum Gasteiger partial charge on any atom is -0.300 e. The molecule has 0 N–H and O–H groups in total. The zero-order chi connectivity index (χ0) is 15.6. The second-order valence-electron chi connectivity index (χ2n) is 6.69. The molecule has 2 aliphatic rings. The number of benzene rings is 1. The number of sulfonamides is 1. The third-order valence-electron chi connectivity index (χ3n) is 5.01. The molecule has 1 atom stereocenters. The van der Waals surface area contributed by atoms with Gasteiger partial charge in [-0.05, 0) is 50.3 Å². The first-order valence-corrected chi connectivity index (χ1v) is 9.80. The van der Waals surface area contributed by atoms with Gasteiger partial charge in [0.15, 0.2) is 0 Å². The average molecular weight is 322 g/mol. The maximum atomic E-state index is 12.6. The highest BCUT2D eigenvalue weighted by atomic mass is 32.2. The van der Waals surface area contributed by atoms with Crippen molar-refractivity contribution in [2.24, 2.45) is 5.92 Å². The van der Waals surface area contributed by atoms with Crippen molar-refractivity contribution < 1.29 is 8.42 Å². The molecule has 0 radical (unpaired) electrons. The van der Waals surface area contributed by atoms with Gasteiger partial charge in [0.25, 0.3) is 0 Å². The molecular weight excluding hydrogens is 296 g/mol. The summed E-state index contributed by atoms with van der Waals surface area (Å²) in [4.78, 5) is 3.00. The van der Waals surface area contributed by atoms with Gasteiger partial charge in [-0.1, -0.05) is 25.1 Å². The molecular formula is C17H26N2O2S. The average Bonchev–Trinajstić information content (AvgIpc) is 2.56. The van der Waals surface area contributed by atoms with Crippen LogP contribution in [0.15, 0.2) is 35.2 Å². The Balaban J connectivity index is 1.62. The quantitative estimate of drug-likeness (QED) is 0.859. The molecule has 22 heavy (non-hydrogen) atoms. The van der Waals surface area contributed by atoms with E-state index in [4.69, 9.17) is 0 Å². The summed E-state index contributed by atoms with van der Waals surface area (Å²) < 4.78 is 26.9. The molecule has 0 saturated carbocycles. The van der Waals surface area contributed by atoms with Crippen molar-refractivity contribution in [3.63, 3.8) is 0 Å². The summed E-state index contributed by atoms with van der Waals surface area (Å²) in [6.45, 7) is 5.97. The van der Waals surface area contributed by atoms with E-state index in [9.17, 15) is 8.42 Å². The van der Waals surface area contributed by atoms with Gasteiger partial charge >= 0.3 is 0 Å². The van der Waals surface area contributed by atoms with Crippen molar-refractivity contribution in [3.05, 3.63) is 30.3 Å². The van der Waals surface area contributed by atoms with Crippen molar-refractivity contribution in [2.75, 3.05) is 26.2 Å². The molecule has 0 amide bonds. The van der Waals surface area contributed by atoms with E-state index in [1.165, 1.54) is 25.9 Å². The molecule has 0 aromatic heterocycles. The SMILES string of the molecule is CC1CCCN(C2CCN(S(=O)(=O)c3ccccc3)CC2)C1. The van der Waals surface area contributed by atoms with Crippen LogP contribution in [0.4, 0.5) is 0 Å². The van der Waals surface area contributed by atoms with Gasteiger partial charge in [0, 0.05) is 25.7 Å². The molecule has 5 heteroatoms. The lowest BCUT2D eigenvalue weighted by Gasteiger charge is -2.41. The van der Waals surface area contributed by atoms with Gasteiger partial charge in [-0.3, -0.25) is 0 Å². The molecule has 4 nitrogen and oxygen atoms in total. The van der Waals surface area contributed by atoms with Crippen LogP contribution in [0.5, 0.6) is 0 Å². The number of likely N-dealkylation sites (tertiary alicyclic amines) is 1. The van der Waals surface area contributed by atoms with Crippen LogP contribution in [-0.2, 0) is 10.0 Å². The van der Waals surface area contributed by atoms with Crippen molar-refractivity contribution in [3.8, 4) is 0 Å². The minimum atomic E-state index is -3.31. The summed E-state index contributed by atoms with van der Waals surface area (Å²) in [6, 6.07) is 9.36. The molecule has 2 fully saturated rings. The second kappa shape index (κ2) is 6.69. The molecule has 3 rings (SSSR count). The van der Waals surface area contributed by atoms with Crippen LogP contribution in [0.1, 0.15) is 32.6 Å². The first-order chi connectivity index (χ1) is 10.6. The van der Waals surface area contributed by atoms with Crippen LogP contribution in [0.25, 0.3) is 0 Å². The van der Waals surface area contributed by atoms with Crippen LogP contribution in [-0.4, -0.2) is 49.8 Å². The third-order valence-corrected chi connectivity index (χ3v) is 6.92. The summed E-state index contributed by atoms with van der Waals surface area (Å²) in [6.07, 6.45) is 4.53. The maximum absolute atomic E-state index is 12.6. The Labute approximate surface area is 134 Å². The zero-order valence-electron chi connectivity index (χ0n) is 13.3. The van der Waals surface area contributed by atoms with Crippen LogP contribution in [0.2, 0.25) is 0 Å². The van der Waals surface area contributed by atoms with Crippen molar-refractivity contribution in [1.29, 1.82) is 0 Å². The highest BCUT2D eigenvalue weighted by molar-refractivity contribution is 7.89. The van der Waals surface area contributed by atoms with E-state index >= 15 is 0 Å². The summed E-state index contributed by atoms with van der Waals surface area (Å²) in [5.74, 6) is 0.778. The van der Waals surface area contributed by atoms with Gasteiger partial charge in [-0.15, -0.1) is 0 Å². The predicted molar refractivity (Wildman–Crippen MR) is 88.2 cm³/mol. The highest BCUT2D eigenvalue weighted by Gasteiger charge is 2.32. The minimum absolute atomic E-state index is 0.417. The Morgan fingerprint density at radius 1 is 1.00 bits per heavy atom. The highest BCUT2D eigenvalue weighted by Crippen LogP contribution is 2.26. The number of hydrogen-bond acceptors (Lipinski definition) is 3. The Kier molecular flexibility index (Phi) is 4.85. The molecule has 0 spiro atoms. The predicted octanol–water partition coefficient (Wildman–Crippen LogP) is 2.57. The van der Waals surface area contributed by atoms with Crippen LogP contribution < -0.4 is 0 Å². The Morgan fingerprint density at radius 2 is 1.68 bits per heavy atom. The van der Waals surface area contributed by atoms with E-state index in [-0.39, 0.29) is 0 Å². The number of piperidine rings is 2.